The zero-order valence-electron chi connectivity index (χ0n) is 13.7. The smallest absolute Gasteiger partial charge is 0.319 e. The van der Waals surface area contributed by atoms with Crippen LogP contribution in [0.3, 0.4) is 0 Å². The van der Waals surface area contributed by atoms with Crippen LogP contribution in [-0.2, 0) is 0 Å². The third kappa shape index (κ3) is 3.80. The molecule has 24 heavy (non-hydrogen) atoms. The number of hydrogen-bond donors (Lipinski definition) is 2. The first-order chi connectivity index (χ1) is 11.6. The zero-order chi connectivity index (χ0) is 16.9. The highest BCUT2D eigenvalue weighted by Gasteiger charge is 2.18. The van der Waals surface area contributed by atoms with E-state index < -0.39 is 0 Å². The van der Waals surface area contributed by atoms with Gasteiger partial charge in [0.15, 0.2) is 11.5 Å². The number of nitrogens with zero attached hydrogens (tertiary/aromatic N) is 1. The molecule has 0 radical (unpaired) electrons. The fourth-order valence-corrected chi connectivity index (χ4v) is 2.50. The highest BCUT2D eigenvalue weighted by atomic mass is 16.6. The SMILES string of the molecule is CN(C)C(CNC(=O)Nc1ccc2c(c1)OCCO2)c1ccco1. The number of ether oxygens (including phenoxy) is 2. The lowest BCUT2D eigenvalue weighted by Gasteiger charge is -2.23. The number of fused-ring (bicyclic) bond motifs is 1. The van der Waals surface area contributed by atoms with Crippen molar-refractivity contribution in [3.8, 4) is 11.5 Å². The van der Waals surface area contributed by atoms with Gasteiger partial charge < -0.3 is 24.5 Å². The average Bonchev–Trinajstić information content (AvgIpc) is 3.09. The predicted molar refractivity (Wildman–Crippen MR) is 89.6 cm³/mol. The van der Waals surface area contributed by atoms with Crippen molar-refractivity contribution in [3.05, 3.63) is 42.4 Å². The van der Waals surface area contributed by atoms with E-state index >= 15 is 0 Å². The van der Waals surface area contributed by atoms with Crippen molar-refractivity contribution in [2.24, 2.45) is 0 Å². The quantitative estimate of drug-likeness (QED) is 0.880. The summed E-state index contributed by atoms with van der Waals surface area (Å²) in [6.07, 6.45) is 1.63. The number of furan rings is 1. The van der Waals surface area contributed by atoms with Gasteiger partial charge in [-0.3, -0.25) is 4.90 Å². The van der Waals surface area contributed by atoms with Gasteiger partial charge in [-0.2, -0.15) is 0 Å². The highest BCUT2D eigenvalue weighted by molar-refractivity contribution is 5.89. The van der Waals surface area contributed by atoms with E-state index in [-0.39, 0.29) is 12.1 Å². The van der Waals surface area contributed by atoms with Crippen LogP contribution in [-0.4, -0.2) is 44.8 Å². The lowest BCUT2D eigenvalue weighted by Crippen LogP contribution is -2.36. The summed E-state index contributed by atoms with van der Waals surface area (Å²) in [7, 11) is 3.88. The molecule has 2 amide bonds. The van der Waals surface area contributed by atoms with Crippen LogP contribution in [0.25, 0.3) is 0 Å². The topological polar surface area (TPSA) is 76.0 Å². The molecule has 0 saturated heterocycles. The molecule has 0 saturated carbocycles. The van der Waals surface area contributed by atoms with Crippen molar-refractivity contribution < 1.29 is 18.7 Å². The Balaban J connectivity index is 1.57. The van der Waals surface area contributed by atoms with Gasteiger partial charge in [0.25, 0.3) is 0 Å². The molecule has 0 bridgehead atoms. The summed E-state index contributed by atoms with van der Waals surface area (Å²) >= 11 is 0. The van der Waals surface area contributed by atoms with Gasteiger partial charge in [0.05, 0.1) is 12.3 Å². The number of hydrogen-bond acceptors (Lipinski definition) is 5. The summed E-state index contributed by atoms with van der Waals surface area (Å²) in [5.41, 5.74) is 0.649. The molecule has 2 heterocycles. The molecule has 1 unspecified atom stereocenters. The minimum Gasteiger partial charge on any atom is -0.486 e. The first kappa shape index (κ1) is 16.2. The van der Waals surface area contributed by atoms with Gasteiger partial charge in [0.2, 0.25) is 0 Å². The van der Waals surface area contributed by atoms with Crippen LogP contribution in [0.4, 0.5) is 10.5 Å². The minimum atomic E-state index is -0.287. The fraction of sp³-hybridized carbons (Fsp3) is 0.353. The van der Waals surface area contributed by atoms with Crippen molar-refractivity contribution in [2.45, 2.75) is 6.04 Å². The summed E-state index contributed by atoms with van der Waals surface area (Å²) in [5, 5.41) is 5.65. The van der Waals surface area contributed by atoms with Crippen molar-refractivity contribution >= 4 is 11.7 Å². The molecule has 2 aromatic rings. The van der Waals surface area contributed by atoms with Crippen LogP contribution in [0.5, 0.6) is 11.5 Å². The van der Waals surface area contributed by atoms with Crippen molar-refractivity contribution in [2.75, 3.05) is 39.2 Å². The molecule has 1 aromatic heterocycles. The number of nitrogens with one attached hydrogen (secondary N) is 2. The van der Waals surface area contributed by atoms with E-state index in [1.165, 1.54) is 0 Å². The summed E-state index contributed by atoms with van der Waals surface area (Å²) in [6, 6.07) is 8.73. The third-order valence-corrected chi connectivity index (χ3v) is 3.75. The van der Waals surface area contributed by atoms with Gasteiger partial charge >= 0.3 is 6.03 Å². The van der Waals surface area contributed by atoms with Crippen LogP contribution in [0.2, 0.25) is 0 Å². The predicted octanol–water partition coefficient (Wildman–Crippen LogP) is 2.48. The molecule has 7 heteroatoms. The Morgan fingerprint density at radius 3 is 2.71 bits per heavy atom. The maximum atomic E-state index is 12.1. The van der Waals surface area contributed by atoms with E-state index in [9.17, 15) is 4.79 Å². The molecule has 0 aliphatic carbocycles. The van der Waals surface area contributed by atoms with Crippen molar-refractivity contribution in [1.82, 2.24) is 10.2 Å². The maximum absolute atomic E-state index is 12.1. The number of carbonyl (C=O) groups excluding carboxylic acids is 1. The molecule has 1 atom stereocenters. The second-order valence-electron chi connectivity index (χ2n) is 5.69. The van der Waals surface area contributed by atoms with Gasteiger partial charge in [0.1, 0.15) is 19.0 Å². The minimum absolute atomic E-state index is 0.0361. The number of rotatable bonds is 5. The summed E-state index contributed by atoms with van der Waals surface area (Å²) in [4.78, 5) is 14.1. The normalized spacial score (nSPS) is 14.3. The highest BCUT2D eigenvalue weighted by Crippen LogP contribution is 2.32. The molecule has 1 aliphatic rings. The van der Waals surface area contributed by atoms with Crippen molar-refractivity contribution in [1.29, 1.82) is 0 Å². The lowest BCUT2D eigenvalue weighted by molar-refractivity contribution is 0.171. The van der Waals surface area contributed by atoms with E-state index in [0.717, 1.165) is 5.76 Å². The average molecular weight is 331 g/mol. The Bertz CT molecular complexity index is 685. The third-order valence-electron chi connectivity index (χ3n) is 3.75. The van der Waals surface area contributed by atoms with Crippen molar-refractivity contribution in [3.63, 3.8) is 0 Å². The second-order valence-corrected chi connectivity index (χ2v) is 5.69. The first-order valence-corrected chi connectivity index (χ1v) is 7.78. The van der Waals surface area contributed by atoms with E-state index in [4.69, 9.17) is 13.9 Å². The van der Waals surface area contributed by atoms with E-state index in [0.29, 0.717) is 36.9 Å². The van der Waals surface area contributed by atoms with Crippen LogP contribution >= 0.6 is 0 Å². The molecule has 3 rings (SSSR count). The number of carbonyl (C=O) groups is 1. The second kappa shape index (κ2) is 7.27. The molecule has 7 nitrogen and oxygen atoms in total. The largest absolute Gasteiger partial charge is 0.486 e. The van der Waals surface area contributed by atoms with E-state index in [2.05, 4.69) is 10.6 Å². The van der Waals surface area contributed by atoms with E-state index in [1.807, 2.05) is 31.1 Å². The summed E-state index contributed by atoms with van der Waals surface area (Å²) < 4.78 is 16.4. The number of urea groups is 1. The Labute approximate surface area is 140 Å². The Morgan fingerprint density at radius 2 is 2.00 bits per heavy atom. The van der Waals surface area contributed by atoms with Crippen LogP contribution in [0.15, 0.2) is 41.0 Å². The number of amides is 2. The molecule has 1 aromatic carbocycles. The molecular formula is C17H21N3O4. The fourth-order valence-electron chi connectivity index (χ4n) is 2.50. The molecule has 1 aliphatic heterocycles. The van der Waals surface area contributed by atoms with Gasteiger partial charge in [-0.05, 0) is 38.4 Å². The zero-order valence-corrected chi connectivity index (χ0v) is 13.7. The molecule has 128 valence electrons. The van der Waals surface area contributed by atoms with E-state index in [1.54, 1.807) is 24.5 Å². The lowest BCUT2D eigenvalue weighted by atomic mass is 10.2. The van der Waals surface area contributed by atoms with Crippen LogP contribution in [0, 0.1) is 0 Å². The number of likely N-dealkylation sites (N-methyl/N-ethyl adjacent to an activating group) is 1. The first-order valence-electron chi connectivity index (χ1n) is 7.78. The van der Waals surface area contributed by atoms with Gasteiger partial charge in [0, 0.05) is 18.3 Å². The summed E-state index contributed by atoms with van der Waals surface area (Å²) in [5.74, 6) is 2.14. The van der Waals surface area contributed by atoms with Gasteiger partial charge in [-0.15, -0.1) is 0 Å². The van der Waals surface area contributed by atoms with Gasteiger partial charge in [-0.1, -0.05) is 0 Å². The molecular weight excluding hydrogens is 310 g/mol. The van der Waals surface area contributed by atoms with Crippen LogP contribution in [0.1, 0.15) is 11.8 Å². The van der Waals surface area contributed by atoms with Crippen LogP contribution < -0.4 is 20.1 Å². The Morgan fingerprint density at radius 1 is 1.21 bits per heavy atom. The monoisotopic (exact) mass is 331 g/mol. The van der Waals surface area contributed by atoms with Gasteiger partial charge in [-0.25, -0.2) is 4.79 Å². The standard InChI is InChI=1S/C17H21N3O4/c1-20(2)13(14-4-3-7-22-14)11-18-17(21)19-12-5-6-15-16(10-12)24-9-8-23-15/h3-7,10,13H,8-9,11H2,1-2H3,(H2,18,19,21). The summed E-state index contributed by atoms with van der Waals surface area (Å²) in [6.45, 7) is 1.48. The maximum Gasteiger partial charge on any atom is 0.319 e. The Hall–Kier alpha value is -2.67. The molecule has 2 N–H and O–H groups in total. The number of anilines is 1. The molecule has 0 fully saturated rings. The Kier molecular flexibility index (Phi) is 4.90. The molecule has 0 spiro atoms. The number of benzene rings is 1.